The van der Waals surface area contributed by atoms with E-state index in [1.54, 1.807) is 17.4 Å². The summed E-state index contributed by atoms with van der Waals surface area (Å²) in [6, 6.07) is 4.66. The van der Waals surface area contributed by atoms with Gasteiger partial charge in [0.05, 0.1) is 20.7 Å². The largest absolute Gasteiger partial charge is 0.486 e. The number of hydrogen-bond acceptors (Lipinski definition) is 4. The SMILES string of the molecule is Cc1nc(COc2ccc(C(=O)O)cc2Br)cs1. The Bertz CT molecular complexity index is 582. The van der Waals surface area contributed by atoms with Gasteiger partial charge in [-0.2, -0.15) is 0 Å². The highest BCUT2D eigenvalue weighted by Crippen LogP contribution is 2.27. The number of aromatic nitrogens is 1. The molecule has 94 valence electrons. The number of rotatable bonds is 4. The molecule has 0 radical (unpaired) electrons. The van der Waals surface area contributed by atoms with Gasteiger partial charge in [-0.25, -0.2) is 9.78 Å². The second kappa shape index (κ2) is 5.49. The first-order valence-electron chi connectivity index (χ1n) is 5.13. The zero-order chi connectivity index (χ0) is 13.1. The molecule has 0 amide bonds. The van der Waals surface area contributed by atoms with Crippen LogP contribution < -0.4 is 4.74 Å². The van der Waals surface area contributed by atoms with Crippen molar-refractivity contribution in [1.29, 1.82) is 0 Å². The van der Waals surface area contributed by atoms with Gasteiger partial charge in [0, 0.05) is 5.38 Å². The van der Waals surface area contributed by atoms with Crippen molar-refractivity contribution in [3.05, 3.63) is 44.3 Å². The third-order valence-corrected chi connectivity index (χ3v) is 3.66. The van der Waals surface area contributed by atoms with Crippen molar-refractivity contribution in [3.8, 4) is 5.75 Å². The third kappa shape index (κ3) is 3.08. The Morgan fingerprint density at radius 3 is 2.89 bits per heavy atom. The lowest BCUT2D eigenvalue weighted by molar-refractivity contribution is 0.0696. The number of carbonyl (C=O) groups is 1. The first-order valence-corrected chi connectivity index (χ1v) is 6.80. The number of benzene rings is 1. The summed E-state index contributed by atoms with van der Waals surface area (Å²) < 4.78 is 6.20. The van der Waals surface area contributed by atoms with Crippen LogP contribution >= 0.6 is 27.3 Å². The number of nitrogens with zero attached hydrogens (tertiary/aromatic N) is 1. The number of thiazole rings is 1. The van der Waals surface area contributed by atoms with Crippen molar-refractivity contribution >= 4 is 33.2 Å². The lowest BCUT2D eigenvalue weighted by Crippen LogP contribution is -1.99. The molecule has 0 unspecified atom stereocenters. The lowest BCUT2D eigenvalue weighted by Gasteiger charge is -2.07. The molecule has 1 N–H and O–H groups in total. The Morgan fingerprint density at radius 1 is 1.56 bits per heavy atom. The van der Waals surface area contributed by atoms with E-state index < -0.39 is 5.97 Å². The van der Waals surface area contributed by atoms with Crippen LogP contribution in [0.4, 0.5) is 0 Å². The predicted molar refractivity (Wildman–Crippen MR) is 72.3 cm³/mol. The monoisotopic (exact) mass is 327 g/mol. The number of aromatic carboxylic acids is 1. The van der Waals surface area contributed by atoms with Crippen LogP contribution in [-0.4, -0.2) is 16.1 Å². The maximum atomic E-state index is 10.8. The van der Waals surface area contributed by atoms with Gasteiger partial charge in [0.25, 0.3) is 0 Å². The van der Waals surface area contributed by atoms with Crippen LogP contribution in [0.3, 0.4) is 0 Å². The molecule has 0 saturated heterocycles. The second-order valence-corrected chi connectivity index (χ2v) is 5.51. The standard InChI is InChI=1S/C12H10BrNO3S/c1-7-14-9(6-18-7)5-17-11-3-2-8(12(15)16)4-10(11)13/h2-4,6H,5H2,1H3,(H,15,16). The molecule has 6 heteroatoms. The molecule has 0 atom stereocenters. The minimum absolute atomic E-state index is 0.221. The van der Waals surface area contributed by atoms with Crippen molar-refractivity contribution in [1.82, 2.24) is 4.98 Å². The Morgan fingerprint density at radius 2 is 2.33 bits per heavy atom. The average molecular weight is 328 g/mol. The molecular formula is C12H10BrNO3S. The predicted octanol–water partition coefficient (Wildman–Crippen LogP) is 3.49. The van der Waals surface area contributed by atoms with Gasteiger partial charge in [0.2, 0.25) is 0 Å². The van der Waals surface area contributed by atoms with Gasteiger partial charge in [0.1, 0.15) is 12.4 Å². The average Bonchev–Trinajstić information content (AvgIpc) is 2.73. The van der Waals surface area contributed by atoms with Crippen molar-refractivity contribution in [3.63, 3.8) is 0 Å². The number of aryl methyl sites for hydroxylation is 1. The summed E-state index contributed by atoms with van der Waals surface area (Å²) in [7, 11) is 0. The minimum atomic E-state index is -0.961. The van der Waals surface area contributed by atoms with Crippen LogP contribution in [0.2, 0.25) is 0 Å². The van der Waals surface area contributed by atoms with Crippen LogP contribution in [0.15, 0.2) is 28.1 Å². The highest BCUT2D eigenvalue weighted by molar-refractivity contribution is 9.10. The van der Waals surface area contributed by atoms with E-state index in [1.165, 1.54) is 12.1 Å². The molecule has 0 aliphatic carbocycles. The van der Waals surface area contributed by atoms with E-state index in [-0.39, 0.29) is 5.56 Å². The van der Waals surface area contributed by atoms with Crippen molar-refractivity contribution < 1.29 is 14.6 Å². The van der Waals surface area contributed by atoms with Gasteiger partial charge >= 0.3 is 5.97 Å². The fourth-order valence-corrected chi connectivity index (χ4v) is 2.47. The molecule has 2 aromatic rings. The molecule has 0 aliphatic rings. The molecule has 1 heterocycles. The third-order valence-electron chi connectivity index (χ3n) is 2.22. The summed E-state index contributed by atoms with van der Waals surface area (Å²) in [4.78, 5) is 15.1. The van der Waals surface area contributed by atoms with E-state index in [0.717, 1.165) is 10.7 Å². The molecule has 1 aromatic heterocycles. The van der Waals surface area contributed by atoms with Crippen molar-refractivity contribution in [2.24, 2.45) is 0 Å². The zero-order valence-electron chi connectivity index (χ0n) is 9.51. The van der Waals surface area contributed by atoms with Gasteiger partial charge in [-0.05, 0) is 41.1 Å². The molecular weight excluding hydrogens is 318 g/mol. The number of carboxylic acid groups (broad SMARTS) is 1. The van der Waals surface area contributed by atoms with Crippen LogP contribution in [0.25, 0.3) is 0 Å². The number of ether oxygens (including phenoxy) is 1. The van der Waals surface area contributed by atoms with E-state index in [9.17, 15) is 4.79 Å². The zero-order valence-corrected chi connectivity index (χ0v) is 11.9. The summed E-state index contributed by atoms with van der Waals surface area (Å²) in [5.74, 6) is -0.358. The van der Waals surface area contributed by atoms with E-state index in [0.29, 0.717) is 16.8 Å². The van der Waals surface area contributed by atoms with Crippen molar-refractivity contribution in [2.45, 2.75) is 13.5 Å². The molecule has 4 nitrogen and oxygen atoms in total. The van der Waals surface area contributed by atoms with Crippen LogP contribution in [-0.2, 0) is 6.61 Å². The molecule has 0 fully saturated rings. The maximum Gasteiger partial charge on any atom is 0.335 e. The van der Waals surface area contributed by atoms with Gasteiger partial charge in [-0.15, -0.1) is 11.3 Å². The first-order chi connectivity index (χ1) is 8.56. The Labute approximate surface area is 116 Å². The molecule has 18 heavy (non-hydrogen) atoms. The fraction of sp³-hybridized carbons (Fsp3) is 0.167. The maximum absolute atomic E-state index is 10.8. The molecule has 0 aliphatic heterocycles. The molecule has 1 aromatic carbocycles. The van der Waals surface area contributed by atoms with E-state index in [4.69, 9.17) is 9.84 Å². The van der Waals surface area contributed by atoms with Gasteiger partial charge in [-0.3, -0.25) is 0 Å². The van der Waals surface area contributed by atoms with E-state index in [2.05, 4.69) is 20.9 Å². The topological polar surface area (TPSA) is 59.4 Å². The number of halogens is 1. The lowest BCUT2D eigenvalue weighted by atomic mass is 10.2. The van der Waals surface area contributed by atoms with Crippen LogP contribution in [0.1, 0.15) is 21.1 Å². The number of hydrogen-bond donors (Lipinski definition) is 1. The minimum Gasteiger partial charge on any atom is -0.486 e. The summed E-state index contributed by atoms with van der Waals surface area (Å²) in [5.41, 5.74) is 1.09. The smallest absolute Gasteiger partial charge is 0.335 e. The van der Waals surface area contributed by atoms with Gasteiger partial charge in [-0.1, -0.05) is 0 Å². The number of carboxylic acids is 1. The highest BCUT2D eigenvalue weighted by Gasteiger charge is 2.08. The Kier molecular flexibility index (Phi) is 3.98. The normalized spacial score (nSPS) is 10.3. The Hall–Kier alpha value is -1.40. The van der Waals surface area contributed by atoms with Crippen LogP contribution in [0, 0.1) is 6.92 Å². The summed E-state index contributed by atoms with van der Waals surface area (Å²) >= 11 is 4.86. The quantitative estimate of drug-likeness (QED) is 0.933. The van der Waals surface area contributed by atoms with E-state index in [1.807, 2.05) is 12.3 Å². The Balaban J connectivity index is 2.08. The molecule has 0 bridgehead atoms. The van der Waals surface area contributed by atoms with Crippen molar-refractivity contribution in [2.75, 3.05) is 0 Å². The van der Waals surface area contributed by atoms with Crippen LogP contribution in [0.5, 0.6) is 5.75 Å². The second-order valence-electron chi connectivity index (χ2n) is 3.60. The van der Waals surface area contributed by atoms with Gasteiger partial charge < -0.3 is 9.84 Å². The molecule has 0 spiro atoms. The summed E-state index contributed by atoms with van der Waals surface area (Å²) in [6.45, 7) is 2.31. The molecule has 0 saturated carbocycles. The van der Waals surface area contributed by atoms with Gasteiger partial charge in [0.15, 0.2) is 0 Å². The highest BCUT2D eigenvalue weighted by atomic mass is 79.9. The first kappa shape index (κ1) is 13.0. The fourth-order valence-electron chi connectivity index (χ4n) is 1.38. The van der Waals surface area contributed by atoms with E-state index >= 15 is 0 Å². The summed E-state index contributed by atoms with van der Waals surface area (Å²) in [6.07, 6.45) is 0. The molecule has 2 rings (SSSR count). The summed E-state index contributed by atoms with van der Waals surface area (Å²) in [5, 5.41) is 11.8.